The van der Waals surface area contributed by atoms with Crippen LogP contribution in [0.3, 0.4) is 0 Å². The molecule has 0 aliphatic heterocycles. The zero-order chi connectivity index (χ0) is 14.5. The van der Waals surface area contributed by atoms with Crippen LogP contribution < -0.4 is 5.32 Å². The summed E-state index contributed by atoms with van der Waals surface area (Å²) in [6.07, 6.45) is 5.09. The summed E-state index contributed by atoms with van der Waals surface area (Å²) in [5, 5.41) is 5.06. The maximum Gasteiger partial charge on any atom is 0.0452 e. The number of rotatable bonds is 5. The van der Waals surface area contributed by atoms with E-state index in [1.165, 1.54) is 24.8 Å². The van der Waals surface area contributed by atoms with Gasteiger partial charge >= 0.3 is 0 Å². The summed E-state index contributed by atoms with van der Waals surface area (Å²) in [7, 11) is 0. The molecular formula is C17H25Cl2N. The molecule has 1 fully saturated rings. The highest BCUT2D eigenvalue weighted by molar-refractivity contribution is 6.35. The minimum atomic E-state index is 0.722. The zero-order valence-corrected chi connectivity index (χ0v) is 14.0. The van der Waals surface area contributed by atoms with Crippen LogP contribution in [0.2, 0.25) is 10.0 Å². The van der Waals surface area contributed by atoms with E-state index < -0.39 is 0 Å². The van der Waals surface area contributed by atoms with Crippen LogP contribution in [0.15, 0.2) is 18.2 Å². The molecular weight excluding hydrogens is 289 g/mol. The largest absolute Gasteiger partial charge is 0.317 e. The van der Waals surface area contributed by atoms with E-state index >= 15 is 0 Å². The van der Waals surface area contributed by atoms with Crippen LogP contribution in [0.4, 0.5) is 0 Å². The first-order valence-electron chi connectivity index (χ1n) is 7.74. The molecule has 0 saturated heterocycles. The highest BCUT2D eigenvalue weighted by Gasteiger charge is 2.28. The van der Waals surface area contributed by atoms with E-state index in [0.717, 1.165) is 47.3 Å². The molecule has 1 N–H and O–H groups in total. The lowest BCUT2D eigenvalue weighted by Crippen LogP contribution is -2.33. The van der Waals surface area contributed by atoms with E-state index in [-0.39, 0.29) is 0 Å². The molecule has 20 heavy (non-hydrogen) atoms. The molecule has 1 saturated carbocycles. The Bertz CT molecular complexity index is 431. The highest BCUT2D eigenvalue weighted by atomic mass is 35.5. The molecule has 1 aromatic carbocycles. The van der Waals surface area contributed by atoms with Gasteiger partial charge in [-0.1, -0.05) is 49.5 Å². The highest BCUT2D eigenvalue weighted by Crippen LogP contribution is 2.37. The van der Waals surface area contributed by atoms with Gasteiger partial charge in [-0.25, -0.2) is 0 Å². The standard InChI is InChI=1S/C17H25Cl2N/c1-3-20-11-14-5-4-12(2)8-15(14)9-13-6-7-16(18)10-17(13)19/h6-7,10,12,14-15,20H,3-5,8-9,11H2,1-2H3. The van der Waals surface area contributed by atoms with Gasteiger partial charge in [0.1, 0.15) is 0 Å². The van der Waals surface area contributed by atoms with Crippen molar-refractivity contribution >= 4 is 23.2 Å². The third-order valence-corrected chi connectivity index (χ3v) is 5.14. The molecule has 112 valence electrons. The SMILES string of the molecule is CCNCC1CCC(C)CC1Cc1ccc(Cl)cc1Cl. The minimum absolute atomic E-state index is 0.722. The fraction of sp³-hybridized carbons (Fsp3) is 0.647. The number of halogens is 2. The van der Waals surface area contributed by atoms with Crippen molar-refractivity contribution < 1.29 is 0 Å². The molecule has 2 rings (SSSR count). The van der Waals surface area contributed by atoms with Crippen LogP contribution in [-0.4, -0.2) is 13.1 Å². The second-order valence-corrected chi connectivity index (χ2v) is 7.03. The summed E-state index contributed by atoms with van der Waals surface area (Å²) in [4.78, 5) is 0. The molecule has 0 aromatic heterocycles. The Morgan fingerprint density at radius 3 is 2.70 bits per heavy atom. The third kappa shape index (κ3) is 4.38. The molecule has 1 aliphatic rings. The maximum absolute atomic E-state index is 6.34. The van der Waals surface area contributed by atoms with Crippen LogP contribution in [0.1, 0.15) is 38.7 Å². The lowest BCUT2D eigenvalue weighted by molar-refractivity contribution is 0.184. The lowest BCUT2D eigenvalue weighted by Gasteiger charge is -2.35. The van der Waals surface area contributed by atoms with Gasteiger partial charge in [-0.2, -0.15) is 0 Å². The fourth-order valence-electron chi connectivity index (χ4n) is 3.38. The van der Waals surface area contributed by atoms with E-state index in [0.29, 0.717) is 0 Å². The van der Waals surface area contributed by atoms with Crippen molar-refractivity contribution in [3.8, 4) is 0 Å². The Balaban J connectivity index is 2.06. The first-order chi connectivity index (χ1) is 9.60. The van der Waals surface area contributed by atoms with Gasteiger partial charge in [0, 0.05) is 10.0 Å². The Labute approximate surface area is 133 Å². The molecule has 0 spiro atoms. The van der Waals surface area contributed by atoms with Crippen molar-refractivity contribution in [1.82, 2.24) is 5.32 Å². The summed E-state index contributed by atoms with van der Waals surface area (Å²) < 4.78 is 0. The van der Waals surface area contributed by atoms with Crippen LogP contribution >= 0.6 is 23.2 Å². The second-order valence-electron chi connectivity index (χ2n) is 6.19. The van der Waals surface area contributed by atoms with Gasteiger partial charge in [-0.3, -0.25) is 0 Å². The Morgan fingerprint density at radius 1 is 1.20 bits per heavy atom. The number of benzene rings is 1. The summed E-state index contributed by atoms with van der Waals surface area (Å²) in [5.41, 5.74) is 1.25. The van der Waals surface area contributed by atoms with Crippen molar-refractivity contribution in [2.75, 3.05) is 13.1 Å². The molecule has 3 heteroatoms. The number of hydrogen-bond donors (Lipinski definition) is 1. The van der Waals surface area contributed by atoms with Gasteiger partial charge in [0.2, 0.25) is 0 Å². The molecule has 3 atom stereocenters. The molecule has 1 aliphatic carbocycles. The monoisotopic (exact) mass is 313 g/mol. The molecule has 1 aromatic rings. The fourth-order valence-corrected chi connectivity index (χ4v) is 3.87. The molecule has 0 bridgehead atoms. The van der Waals surface area contributed by atoms with Crippen molar-refractivity contribution in [3.63, 3.8) is 0 Å². The van der Waals surface area contributed by atoms with Gasteiger partial charge in [-0.05, 0) is 67.8 Å². The second kappa shape index (κ2) is 7.68. The van der Waals surface area contributed by atoms with E-state index in [9.17, 15) is 0 Å². The van der Waals surface area contributed by atoms with Crippen molar-refractivity contribution in [1.29, 1.82) is 0 Å². The average molecular weight is 314 g/mol. The Kier molecular flexibility index (Phi) is 6.20. The zero-order valence-electron chi connectivity index (χ0n) is 12.5. The summed E-state index contributed by atoms with van der Waals surface area (Å²) in [6.45, 7) is 6.75. The molecule has 0 heterocycles. The van der Waals surface area contributed by atoms with Gasteiger partial charge in [0.05, 0.1) is 0 Å². The quantitative estimate of drug-likeness (QED) is 0.788. The topological polar surface area (TPSA) is 12.0 Å². The Hall–Kier alpha value is -0.240. The number of hydrogen-bond acceptors (Lipinski definition) is 1. The van der Waals surface area contributed by atoms with Crippen LogP contribution in [0, 0.1) is 17.8 Å². The summed E-state index contributed by atoms with van der Waals surface area (Å²) in [5.74, 6) is 2.35. The Morgan fingerprint density at radius 2 is 2.00 bits per heavy atom. The van der Waals surface area contributed by atoms with Gasteiger partial charge < -0.3 is 5.32 Å². The van der Waals surface area contributed by atoms with E-state index in [1.807, 2.05) is 12.1 Å². The van der Waals surface area contributed by atoms with Crippen LogP contribution in [0.5, 0.6) is 0 Å². The van der Waals surface area contributed by atoms with Crippen molar-refractivity contribution in [2.24, 2.45) is 17.8 Å². The maximum atomic E-state index is 6.34. The van der Waals surface area contributed by atoms with E-state index in [1.54, 1.807) is 0 Å². The molecule has 1 nitrogen and oxygen atoms in total. The van der Waals surface area contributed by atoms with Crippen LogP contribution in [0.25, 0.3) is 0 Å². The van der Waals surface area contributed by atoms with Gasteiger partial charge in [0.25, 0.3) is 0 Å². The van der Waals surface area contributed by atoms with Crippen molar-refractivity contribution in [2.45, 2.75) is 39.5 Å². The molecule has 0 radical (unpaired) electrons. The van der Waals surface area contributed by atoms with Gasteiger partial charge in [0.15, 0.2) is 0 Å². The van der Waals surface area contributed by atoms with E-state index in [2.05, 4.69) is 25.2 Å². The third-order valence-electron chi connectivity index (χ3n) is 4.56. The van der Waals surface area contributed by atoms with Gasteiger partial charge in [-0.15, -0.1) is 0 Å². The number of nitrogens with one attached hydrogen (secondary N) is 1. The summed E-state index contributed by atoms with van der Waals surface area (Å²) >= 11 is 12.3. The smallest absolute Gasteiger partial charge is 0.0452 e. The normalized spacial score (nSPS) is 26.7. The first-order valence-corrected chi connectivity index (χ1v) is 8.50. The molecule has 0 amide bonds. The summed E-state index contributed by atoms with van der Waals surface area (Å²) in [6, 6.07) is 5.91. The predicted octanol–water partition coefficient (Wildman–Crippen LogP) is 5.20. The minimum Gasteiger partial charge on any atom is -0.317 e. The van der Waals surface area contributed by atoms with Crippen molar-refractivity contribution in [3.05, 3.63) is 33.8 Å². The molecule has 3 unspecified atom stereocenters. The van der Waals surface area contributed by atoms with Crippen LogP contribution in [-0.2, 0) is 6.42 Å². The lowest BCUT2D eigenvalue weighted by atomic mass is 9.72. The first kappa shape index (κ1) is 16.1. The predicted molar refractivity (Wildman–Crippen MR) is 88.7 cm³/mol. The van der Waals surface area contributed by atoms with E-state index in [4.69, 9.17) is 23.2 Å². The average Bonchev–Trinajstić information content (AvgIpc) is 2.41.